The number of rotatable bonds is 6. The number of aromatic nitrogens is 4. The number of carbonyl (C=O) groups excluding carboxylic acids is 1. The molecule has 1 saturated heterocycles. The maximum atomic E-state index is 12.0. The van der Waals surface area contributed by atoms with Gasteiger partial charge in [0.15, 0.2) is 0 Å². The van der Waals surface area contributed by atoms with Crippen molar-refractivity contribution in [2.45, 2.75) is 25.3 Å². The number of H-pyrrole nitrogens is 1. The number of primary amides is 1. The number of aromatic amines is 1. The predicted octanol–water partition coefficient (Wildman–Crippen LogP) is 2.30. The van der Waals surface area contributed by atoms with E-state index in [-0.39, 0.29) is 5.92 Å². The van der Waals surface area contributed by atoms with Gasteiger partial charge in [0, 0.05) is 37.8 Å². The third-order valence-electron chi connectivity index (χ3n) is 5.53. The lowest BCUT2D eigenvalue weighted by Gasteiger charge is -2.31. The Morgan fingerprint density at radius 2 is 2.10 bits per heavy atom. The van der Waals surface area contributed by atoms with Crippen LogP contribution in [0.15, 0.2) is 36.5 Å². The monoisotopic (exact) mass is 394 g/mol. The van der Waals surface area contributed by atoms with Crippen molar-refractivity contribution in [3.8, 4) is 17.0 Å². The van der Waals surface area contributed by atoms with Crippen molar-refractivity contribution in [2.75, 3.05) is 20.2 Å². The van der Waals surface area contributed by atoms with E-state index in [1.807, 2.05) is 48.3 Å². The van der Waals surface area contributed by atoms with Crippen molar-refractivity contribution in [3.63, 3.8) is 0 Å². The number of likely N-dealkylation sites (tertiary alicyclic amines) is 1. The van der Waals surface area contributed by atoms with Gasteiger partial charge in [-0.25, -0.2) is 4.98 Å². The Kier molecular flexibility index (Phi) is 5.35. The van der Waals surface area contributed by atoms with Crippen LogP contribution in [0.2, 0.25) is 0 Å². The number of ether oxygens (including phenoxy) is 1. The number of amides is 1. The number of benzene rings is 1. The molecule has 1 aliphatic heterocycles. The maximum Gasteiger partial charge on any atom is 0.267 e. The van der Waals surface area contributed by atoms with E-state index in [0.29, 0.717) is 11.4 Å². The Labute approximate surface area is 169 Å². The molecule has 3 heterocycles. The molecule has 0 unspecified atom stereocenters. The normalized spacial score (nSPS) is 17.4. The topological polar surface area (TPSA) is 102 Å². The Balaban J connectivity index is 1.57. The summed E-state index contributed by atoms with van der Waals surface area (Å²) in [6, 6.07) is 9.53. The molecule has 1 amide bonds. The quantitative estimate of drug-likeness (QED) is 0.668. The molecule has 1 atom stereocenters. The number of imidazole rings is 1. The number of nitrogens with two attached hydrogens (primary N) is 1. The molecule has 0 aliphatic carbocycles. The van der Waals surface area contributed by atoms with Gasteiger partial charge in [-0.2, -0.15) is 5.10 Å². The van der Waals surface area contributed by atoms with Crippen molar-refractivity contribution in [2.24, 2.45) is 12.8 Å². The molecule has 29 heavy (non-hydrogen) atoms. The SMILES string of the molecule is COc1ccc(-c2nc([C@H]3CCCN(Cc4ccnn4C)C3)[nH]c2C(N)=O)cc1. The second-order valence-corrected chi connectivity index (χ2v) is 7.46. The molecule has 3 aromatic rings. The third-order valence-corrected chi connectivity index (χ3v) is 5.53. The summed E-state index contributed by atoms with van der Waals surface area (Å²) in [5.41, 5.74) is 8.60. The molecule has 152 valence electrons. The maximum absolute atomic E-state index is 12.0. The van der Waals surface area contributed by atoms with Gasteiger partial charge in [0.25, 0.3) is 5.91 Å². The number of hydrogen-bond donors (Lipinski definition) is 2. The van der Waals surface area contributed by atoms with Crippen molar-refractivity contribution in [1.82, 2.24) is 24.6 Å². The highest BCUT2D eigenvalue weighted by atomic mass is 16.5. The molecule has 0 saturated carbocycles. The van der Waals surface area contributed by atoms with Crippen LogP contribution in [-0.2, 0) is 13.6 Å². The molecular formula is C21H26N6O2. The lowest BCUT2D eigenvalue weighted by Crippen LogP contribution is -2.34. The van der Waals surface area contributed by atoms with Crippen LogP contribution in [0.3, 0.4) is 0 Å². The van der Waals surface area contributed by atoms with E-state index in [1.54, 1.807) is 7.11 Å². The molecule has 1 fully saturated rings. The van der Waals surface area contributed by atoms with Crippen LogP contribution in [-0.4, -0.2) is 50.8 Å². The number of aryl methyl sites for hydroxylation is 1. The summed E-state index contributed by atoms with van der Waals surface area (Å²) in [7, 11) is 3.58. The van der Waals surface area contributed by atoms with Crippen LogP contribution in [0, 0.1) is 0 Å². The van der Waals surface area contributed by atoms with Gasteiger partial charge in [-0.05, 0) is 49.7 Å². The van der Waals surface area contributed by atoms with E-state index in [0.717, 1.165) is 49.6 Å². The van der Waals surface area contributed by atoms with Crippen molar-refractivity contribution in [1.29, 1.82) is 0 Å². The summed E-state index contributed by atoms with van der Waals surface area (Å²) in [4.78, 5) is 22.4. The second-order valence-electron chi connectivity index (χ2n) is 7.46. The largest absolute Gasteiger partial charge is 0.497 e. The molecule has 1 aliphatic rings. The third kappa shape index (κ3) is 4.02. The summed E-state index contributed by atoms with van der Waals surface area (Å²) >= 11 is 0. The zero-order chi connectivity index (χ0) is 20.4. The standard InChI is InChI=1S/C21H26N6O2/c1-26-16(9-10-23-26)13-27-11-3-4-15(12-27)21-24-18(19(25-21)20(22)28)14-5-7-17(29-2)8-6-14/h5-10,15H,3-4,11-13H2,1-2H3,(H2,22,28)(H,24,25)/t15-/m0/s1. The van der Waals surface area contributed by atoms with Crippen LogP contribution < -0.4 is 10.5 Å². The Morgan fingerprint density at radius 1 is 1.31 bits per heavy atom. The molecular weight excluding hydrogens is 368 g/mol. The fourth-order valence-corrected chi connectivity index (χ4v) is 3.93. The molecule has 1 aromatic carbocycles. The molecule has 8 nitrogen and oxygen atoms in total. The first kappa shape index (κ1) is 19.2. The van der Waals surface area contributed by atoms with Gasteiger partial charge in [-0.3, -0.25) is 14.4 Å². The lowest BCUT2D eigenvalue weighted by atomic mass is 9.97. The molecule has 0 spiro atoms. The summed E-state index contributed by atoms with van der Waals surface area (Å²) in [5, 5.41) is 4.25. The Hall–Kier alpha value is -3.13. The van der Waals surface area contributed by atoms with Gasteiger partial charge in [-0.1, -0.05) is 0 Å². The predicted molar refractivity (Wildman–Crippen MR) is 110 cm³/mol. The highest BCUT2D eigenvalue weighted by Crippen LogP contribution is 2.30. The summed E-state index contributed by atoms with van der Waals surface area (Å²) in [6.45, 7) is 2.76. The van der Waals surface area contributed by atoms with Gasteiger partial charge >= 0.3 is 0 Å². The average molecular weight is 394 g/mol. The van der Waals surface area contributed by atoms with E-state index in [4.69, 9.17) is 15.5 Å². The number of piperidine rings is 1. The molecule has 0 bridgehead atoms. The first-order valence-corrected chi connectivity index (χ1v) is 9.78. The van der Waals surface area contributed by atoms with Crippen molar-refractivity contribution in [3.05, 3.63) is 53.7 Å². The minimum absolute atomic E-state index is 0.224. The first-order chi connectivity index (χ1) is 14.0. The van der Waals surface area contributed by atoms with Crippen LogP contribution in [0.4, 0.5) is 0 Å². The van der Waals surface area contributed by atoms with E-state index < -0.39 is 5.91 Å². The van der Waals surface area contributed by atoms with Crippen LogP contribution in [0.25, 0.3) is 11.3 Å². The Bertz CT molecular complexity index is 991. The molecule has 8 heteroatoms. The highest BCUT2D eigenvalue weighted by Gasteiger charge is 2.27. The van der Waals surface area contributed by atoms with Gasteiger partial charge in [-0.15, -0.1) is 0 Å². The van der Waals surface area contributed by atoms with E-state index in [2.05, 4.69) is 15.0 Å². The number of methoxy groups -OCH3 is 1. The van der Waals surface area contributed by atoms with Gasteiger partial charge in [0.05, 0.1) is 12.8 Å². The fourth-order valence-electron chi connectivity index (χ4n) is 3.93. The van der Waals surface area contributed by atoms with Crippen LogP contribution in [0.1, 0.15) is 40.8 Å². The van der Waals surface area contributed by atoms with E-state index >= 15 is 0 Å². The van der Waals surface area contributed by atoms with Crippen molar-refractivity contribution >= 4 is 5.91 Å². The first-order valence-electron chi connectivity index (χ1n) is 9.78. The van der Waals surface area contributed by atoms with Crippen LogP contribution >= 0.6 is 0 Å². The fraction of sp³-hybridized carbons (Fsp3) is 0.381. The van der Waals surface area contributed by atoms with Gasteiger partial charge in [0.1, 0.15) is 23.0 Å². The van der Waals surface area contributed by atoms with E-state index in [9.17, 15) is 4.79 Å². The minimum Gasteiger partial charge on any atom is -0.497 e. The zero-order valence-corrected chi connectivity index (χ0v) is 16.8. The summed E-state index contributed by atoms with van der Waals surface area (Å²) in [6.07, 6.45) is 3.92. The number of carbonyl (C=O) groups is 1. The highest BCUT2D eigenvalue weighted by molar-refractivity contribution is 5.97. The summed E-state index contributed by atoms with van der Waals surface area (Å²) in [5.74, 6) is 1.29. The molecule has 2 aromatic heterocycles. The Morgan fingerprint density at radius 3 is 2.76 bits per heavy atom. The summed E-state index contributed by atoms with van der Waals surface area (Å²) < 4.78 is 7.12. The minimum atomic E-state index is -0.503. The number of nitrogens with zero attached hydrogens (tertiary/aromatic N) is 4. The van der Waals surface area contributed by atoms with Gasteiger partial charge in [0.2, 0.25) is 0 Å². The van der Waals surface area contributed by atoms with E-state index in [1.165, 1.54) is 5.69 Å². The number of hydrogen-bond acceptors (Lipinski definition) is 5. The zero-order valence-electron chi connectivity index (χ0n) is 16.8. The van der Waals surface area contributed by atoms with Gasteiger partial charge < -0.3 is 15.5 Å². The molecule has 4 rings (SSSR count). The second kappa shape index (κ2) is 8.08. The lowest BCUT2D eigenvalue weighted by molar-refractivity contribution is 0.0996. The smallest absolute Gasteiger partial charge is 0.267 e. The average Bonchev–Trinajstić information content (AvgIpc) is 3.35. The molecule has 0 radical (unpaired) electrons. The van der Waals surface area contributed by atoms with Crippen molar-refractivity contribution < 1.29 is 9.53 Å². The number of nitrogens with one attached hydrogen (secondary N) is 1. The molecule has 3 N–H and O–H groups in total. The van der Waals surface area contributed by atoms with Crippen LogP contribution in [0.5, 0.6) is 5.75 Å².